The van der Waals surface area contributed by atoms with Gasteiger partial charge in [-0.05, 0) is 64.3 Å². The minimum Gasteiger partial charge on any atom is -0.487 e. The van der Waals surface area contributed by atoms with Gasteiger partial charge in [-0.15, -0.1) is 0 Å². The minimum atomic E-state index is -4.65. The summed E-state index contributed by atoms with van der Waals surface area (Å²) in [5.41, 5.74) is 6.38. The van der Waals surface area contributed by atoms with Gasteiger partial charge in [-0.1, -0.05) is 15.9 Å². The molecule has 0 radical (unpaired) electrons. The van der Waals surface area contributed by atoms with Crippen molar-refractivity contribution in [2.45, 2.75) is 70.9 Å². The van der Waals surface area contributed by atoms with Crippen molar-refractivity contribution < 1.29 is 22.7 Å². The second-order valence-corrected chi connectivity index (χ2v) is 12.0. The van der Waals surface area contributed by atoms with Crippen molar-refractivity contribution in [3.8, 4) is 17.6 Å². The van der Waals surface area contributed by atoms with Gasteiger partial charge >= 0.3 is 6.18 Å². The summed E-state index contributed by atoms with van der Waals surface area (Å²) in [4.78, 5) is 42.6. The number of ether oxygens (including phenoxy) is 1. The summed E-state index contributed by atoms with van der Waals surface area (Å²) in [5, 5.41) is 4.51. The van der Waals surface area contributed by atoms with Crippen molar-refractivity contribution in [2.24, 2.45) is 5.73 Å². The zero-order valence-electron chi connectivity index (χ0n) is 24.0. The van der Waals surface area contributed by atoms with Gasteiger partial charge in [0.1, 0.15) is 6.10 Å². The summed E-state index contributed by atoms with van der Waals surface area (Å²) in [6.07, 6.45) is -0.0902. The summed E-state index contributed by atoms with van der Waals surface area (Å²) in [5.74, 6) is 0.0157. The number of hydrogen-bond acceptors (Lipinski definition) is 8. The van der Waals surface area contributed by atoms with E-state index in [0.717, 1.165) is 18.9 Å². The predicted molar refractivity (Wildman–Crippen MR) is 156 cm³/mol. The number of fused-ring (bicyclic) bond motifs is 1. The van der Waals surface area contributed by atoms with E-state index in [1.807, 2.05) is 6.07 Å². The number of nitrogens with zero attached hydrogens (tertiary/aromatic N) is 7. The third-order valence-corrected chi connectivity index (χ3v) is 8.51. The van der Waals surface area contributed by atoms with Crippen LogP contribution in [0.4, 0.5) is 13.2 Å². The quantitative estimate of drug-likeness (QED) is 0.336. The number of benzene rings is 1. The Kier molecular flexibility index (Phi) is 7.56. The number of aromatic nitrogens is 6. The van der Waals surface area contributed by atoms with Gasteiger partial charge in [-0.3, -0.25) is 9.59 Å². The second kappa shape index (κ2) is 11.1. The van der Waals surface area contributed by atoms with Crippen LogP contribution in [0, 0.1) is 13.8 Å². The molecule has 2 aliphatic rings. The van der Waals surface area contributed by atoms with Crippen molar-refractivity contribution in [1.29, 1.82) is 0 Å². The first-order chi connectivity index (χ1) is 20.8. The molecule has 1 fully saturated rings. The SMILES string of the molecule is Cc1cc(C)n(-c2nc3c(c(=O)n2-c2ncc(O[C@H]4C[C@H](N)C4)cn2)CC(C)N(C(=O)c2ccc(Br)c(C(F)(F)F)c2)C3)n1. The topological polar surface area (TPSA) is 134 Å². The third kappa shape index (κ3) is 5.49. The normalized spacial score (nSPS) is 19.8. The zero-order chi connectivity index (χ0) is 31.5. The molecule has 4 heterocycles. The fourth-order valence-corrected chi connectivity index (χ4v) is 5.97. The van der Waals surface area contributed by atoms with E-state index in [9.17, 15) is 22.8 Å². The van der Waals surface area contributed by atoms with Crippen LogP contribution in [0.1, 0.15) is 58.3 Å². The number of halogens is 4. The molecule has 1 atom stereocenters. The molecule has 1 amide bonds. The van der Waals surface area contributed by atoms with Crippen molar-refractivity contribution in [3.63, 3.8) is 0 Å². The summed E-state index contributed by atoms with van der Waals surface area (Å²) in [6.45, 7) is 5.25. The van der Waals surface area contributed by atoms with Crippen LogP contribution in [0.2, 0.25) is 0 Å². The lowest BCUT2D eigenvalue weighted by atomic mass is 9.90. The highest BCUT2D eigenvalue weighted by atomic mass is 79.9. The fourth-order valence-electron chi connectivity index (χ4n) is 5.49. The number of amides is 1. The van der Waals surface area contributed by atoms with Gasteiger partial charge < -0.3 is 15.4 Å². The molecular weight excluding hydrogens is 645 g/mol. The van der Waals surface area contributed by atoms with E-state index in [4.69, 9.17) is 15.5 Å². The van der Waals surface area contributed by atoms with Crippen molar-refractivity contribution >= 4 is 21.8 Å². The maximum Gasteiger partial charge on any atom is 0.417 e. The number of rotatable bonds is 5. The molecule has 2 N–H and O–H groups in total. The molecule has 1 aromatic carbocycles. The summed E-state index contributed by atoms with van der Waals surface area (Å²) in [7, 11) is 0. The molecule has 6 rings (SSSR count). The summed E-state index contributed by atoms with van der Waals surface area (Å²) >= 11 is 2.92. The minimum absolute atomic E-state index is 0.0116. The van der Waals surface area contributed by atoms with E-state index in [-0.39, 0.29) is 47.0 Å². The highest BCUT2D eigenvalue weighted by Crippen LogP contribution is 2.36. The first-order valence-electron chi connectivity index (χ1n) is 13.9. The Bertz CT molecular complexity index is 1820. The van der Waals surface area contributed by atoms with Gasteiger partial charge in [0, 0.05) is 33.4 Å². The molecule has 0 spiro atoms. The summed E-state index contributed by atoms with van der Waals surface area (Å²) < 4.78 is 49.1. The molecule has 1 aliphatic heterocycles. The van der Waals surface area contributed by atoms with E-state index in [2.05, 4.69) is 31.0 Å². The molecule has 1 aliphatic carbocycles. The van der Waals surface area contributed by atoms with Crippen molar-refractivity contribution in [2.75, 3.05) is 0 Å². The molecule has 4 aromatic rings. The molecule has 230 valence electrons. The molecule has 15 heteroatoms. The van der Waals surface area contributed by atoms with E-state index in [1.165, 1.54) is 38.7 Å². The largest absolute Gasteiger partial charge is 0.487 e. The van der Waals surface area contributed by atoms with Crippen LogP contribution in [0.3, 0.4) is 0 Å². The standard InChI is InChI=1S/C29H28BrF3N8O3/c1-14-6-16(3)41(38-14)28-37-24-13-39(25(42)17-4-5-23(30)22(8-17)29(31,32)33)15(2)7-21(24)26(43)40(28)27-35-11-20(12-36-27)44-19-9-18(34)10-19/h4-6,8,11-12,15,18-19H,7,9-10,13,34H2,1-3H3/t15?,18-,19-. The lowest BCUT2D eigenvalue weighted by molar-refractivity contribution is -0.138. The highest BCUT2D eigenvalue weighted by Gasteiger charge is 2.36. The Morgan fingerprint density at radius 1 is 1.14 bits per heavy atom. The van der Waals surface area contributed by atoms with Gasteiger partial charge in [0.05, 0.1) is 35.9 Å². The molecule has 0 bridgehead atoms. The van der Waals surface area contributed by atoms with E-state index in [1.54, 1.807) is 20.8 Å². The number of aryl methyl sites for hydroxylation is 2. The van der Waals surface area contributed by atoms with E-state index < -0.39 is 29.2 Å². The Labute approximate surface area is 258 Å². The molecular formula is C29H28BrF3N8O3. The molecule has 1 saturated carbocycles. The van der Waals surface area contributed by atoms with E-state index in [0.29, 0.717) is 28.4 Å². The van der Waals surface area contributed by atoms with Crippen LogP contribution in [0.25, 0.3) is 11.9 Å². The third-order valence-electron chi connectivity index (χ3n) is 7.82. The highest BCUT2D eigenvalue weighted by molar-refractivity contribution is 9.10. The number of carbonyl (C=O) groups excluding carboxylic acids is 1. The maximum absolute atomic E-state index is 14.1. The lowest BCUT2D eigenvalue weighted by Crippen LogP contribution is -2.46. The fraction of sp³-hybridized carbons (Fsp3) is 0.379. The molecule has 11 nitrogen and oxygen atoms in total. The van der Waals surface area contributed by atoms with Gasteiger partial charge in [-0.2, -0.15) is 18.3 Å². The van der Waals surface area contributed by atoms with Gasteiger partial charge in [0.25, 0.3) is 11.5 Å². The molecule has 0 saturated heterocycles. The first kappa shape index (κ1) is 29.9. The average molecular weight is 673 g/mol. The number of carbonyl (C=O) groups is 1. The van der Waals surface area contributed by atoms with Crippen molar-refractivity contribution in [1.82, 2.24) is 34.2 Å². The van der Waals surface area contributed by atoms with E-state index >= 15 is 0 Å². The predicted octanol–water partition coefficient (Wildman–Crippen LogP) is 4.06. The summed E-state index contributed by atoms with van der Waals surface area (Å²) in [6, 6.07) is 4.78. The monoisotopic (exact) mass is 672 g/mol. The van der Waals surface area contributed by atoms with Crippen LogP contribution in [-0.4, -0.2) is 58.3 Å². The Hall–Kier alpha value is -4.11. The van der Waals surface area contributed by atoms with Crippen LogP contribution >= 0.6 is 15.9 Å². The lowest BCUT2D eigenvalue weighted by Gasteiger charge is -2.34. The number of hydrogen-bond donors (Lipinski definition) is 1. The van der Waals surface area contributed by atoms with Crippen LogP contribution in [0.15, 0.2) is 45.9 Å². The van der Waals surface area contributed by atoms with Crippen molar-refractivity contribution in [3.05, 3.63) is 85.3 Å². The smallest absolute Gasteiger partial charge is 0.417 e. The number of alkyl halides is 3. The Morgan fingerprint density at radius 2 is 1.84 bits per heavy atom. The van der Waals surface area contributed by atoms with Crippen LogP contribution < -0.4 is 16.0 Å². The average Bonchev–Trinajstić information content (AvgIpc) is 3.29. The Morgan fingerprint density at radius 3 is 2.45 bits per heavy atom. The number of nitrogens with two attached hydrogens (primary N) is 1. The maximum atomic E-state index is 14.1. The van der Waals surface area contributed by atoms with Gasteiger partial charge in [0.2, 0.25) is 11.9 Å². The zero-order valence-corrected chi connectivity index (χ0v) is 25.6. The molecule has 3 aromatic heterocycles. The van der Waals surface area contributed by atoms with Crippen LogP contribution in [-0.2, 0) is 19.1 Å². The van der Waals surface area contributed by atoms with Gasteiger partial charge in [0.15, 0.2) is 5.75 Å². The molecule has 1 unspecified atom stereocenters. The van der Waals surface area contributed by atoms with Gasteiger partial charge in [-0.25, -0.2) is 24.2 Å². The second-order valence-electron chi connectivity index (χ2n) is 11.2. The molecule has 44 heavy (non-hydrogen) atoms. The Balaban J connectivity index is 1.39. The first-order valence-corrected chi connectivity index (χ1v) is 14.7. The van der Waals surface area contributed by atoms with Crippen LogP contribution in [0.5, 0.6) is 5.75 Å².